The van der Waals surface area contributed by atoms with Crippen molar-refractivity contribution in [2.45, 2.75) is 0 Å². The molecule has 1 amide bonds. The molecule has 0 saturated carbocycles. The molecule has 1 aromatic heterocycles. The van der Waals surface area contributed by atoms with Crippen LogP contribution in [0.5, 0.6) is 11.5 Å². The molecule has 19 heavy (non-hydrogen) atoms. The zero-order chi connectivity index (χ0) is 14.0. The van der Waals surface area contributed by atoms with Crippen molar-refractivity contribution >= 4 is 22.2 Å². The highest BCUT2D eigenvalue weighted by atomic mass is 32.1. The third-order valence-electron chi connectivity index (χ3n) is 2.76. The largest absolute Gasteiger partial charge is 0.493 e. The molecule has 100 valence electrons. The molecule has 0 bridgehead atoms. The molecule has 0 unspecified atom stereocenters. The van der Waals surface area contributed by atoms with E-state index in [9.17, 15) is 4.79 Å². The number of hydrogen-bond donors (Lipinski definition) is 2. The fraction of sp³-hybridized carbons (Fsp3) is 0.154. The van der Waals surface area contributed by atoms with E-state index in [2.05, 4.69) is 0 Å². The molecule has 4 N–H and O–H groups in total. The van der Waals surface area contributed by atoms with Gasteiger partial charge in [-0.2, -0.15) is 0 Å². The Bertz CT molecular complexity index is 622. The highest BCUT2D eigenvalue weighted by Crippen LogP contribution is 2.37. The van der Waals surface area contributed by atoms with E-state index in [1.165, 1.54) is 11.3 Å². The minimum Gasteiger partial charge on any atom is -0.493 e. The van der Waals surface area contributed by atoms with Gasteiger partial charge in [-0.25, -0.2) is 0 Å². The molecule has 0 fully saturated rings. The maximum atomic E-state index is 11.4. The van der Waals surface area contributed by atoms with E-state index < -0.39 is 5.91 Å². The lowest BCUT2D eigenvalue weighted by molar-refractivity contribution is 0.100. The van der Waals surface area contributed by atoms with E-state index in [-0.39, 0.29) is 0 Å². The maximum absolute atomic E-state index is 11.4. The normalized spacial score (nSPS) is 10.2. The van der Waals surface area contributed by atoms with Crippen molar-refractivity contribution in [3.63, 3.8) is 0 Å². The summed E-state index contributed by atoms with van der Waals surface area (Å²) in [6, 6.07) is 5.38. The minimum atomic E-state index is -0.538. The van der Waals surface area contributed by atoms with Gasteiger partial charge in [0.15, 0.2) is 11.5 Å². The van der Waals surface area contributed by atoms with Gasteiger partial charge in [0, 0.05) is 10.9 Å². The van der Waals surface area contributed by atoms with E-state index >= 15 is 0 Å². The molecule has 0 aliphatic rings. The van der Waals surface area contributed by atoms with Crippen molar-refractivity contribution in [3.05, 3.63) is 29.1 Å². The van der Waals surface area contributed by atoms with Crippen LogP contribution in [-0.4, -0.2) is 20.1 Å². The average molecular weight is 278 g/mol. The Labute approximate surface area is 114 Å². The summed E-state index contributed by atoms with van der Waals surface area (Å²) >= 11 is 1.28. The zero-order valence-electron chi connectivity index (χ0n) is 10.6. The molecule has 2 rings (SSSR count). The number of thiophene rings is 1. The topological polar surface area (TPSA) is 87.6 Å². The minimum absolute atomic E-state index is 0.345. The molecule has 0 saturated heterocycles. The second-order valence-electron chi connectivity index (χ2n) is 3.82. The van der Waals surface area contributed by atoms with Crippen LogP contribution in [0.3, 0.4) is 0 Å². The third-order valence-corrected chi connectivity index (χ3v) is 3.57. The zero-order valence-corrected chi connectivity index (χ0v) is 11.4. The molecule has 5 nitrogen and oxygen atoms in total. The number of primary amides is 1. The number of ether oxygens (including phenoxy) is 2. The molecule has 2 aromatic rings. The molecule has 0 aliphatic heterocycles. The molecular weight excluding hydrogens is 264 g/mol. The summed E-state index contributed by atoms with van der Waals surface area (Å²) in [4.78, 5) is 11.4. The first-order valence-corrected chi connectivity index (χ1v) is 6.35. The second-order valence-corrected chi connectivity index (χ2v) is 4.73. The summed E-state index contributed by atoms with van der Waals surface area (Å²) in [6.07, 6.45) is 0. The van der Waals surface area contributed by atoms with Crippen molar-refractivity contribution in [2.75, 3.05) is 20.0 Å². The molecule has 0 atom stereocenters. The summed E-state index contributed by atoms with van der Waals surface area (Å²) in [5, 5.41) is 2.22. The first kappa shape index (κ1) is 13.2. The predicted molar refractivity (Wildman–Crippen MR) is 75.8 cm³/mol. The van der Waals surface area contributed by atoms with Gasteiger partial charge < -0.3 is 20.9 Å². The van der Waals surface area contributed by atoms with Crippen LogP contribution in [0.25, 0.3) is 11.1 Å². The number of methoxy groups -OCH3 is 2. The van der Waals surface area contributed by atoms with Crippen molar-refractivity contribution in [3.8, 4) is 22.6 Å². The number of carbonyl (C=O) groups is 1. The van der Waals surface area contributed by atoms with Gasteiger partial charge in [0.05, 0.1) is 24.8 Å². The Morgan fingerprint density at radius 3 is 2.47 bits per heavy atom. The van der Waals surface area contributed by atoms with Crippen LogP contribution < -0.4 is 20.9 Å². The Morgan fingerprint density at radius 1 is 1.21 bits per heavy atom. The molecule has 1 heterocycles. The molecule has 0 aliphatic carbocycles. The van der Waals surface area contributed by atoms with Crippen LogP contribution >= 0.6 is 11.3 Å². The summed E-state index contributed by atoms with van der Waals surface area (Å²) < 4.78 is 10.4. The van der Waals surface area contributed by atoms with Crippen LogP contribution in [0.15, 0.2) is 23.6 Å². The van der Waals surface area contributed by atoms with Gasteiger partial charge in [0.2, 0.25) is 0 Å². The summed E-state index contributed by atoms with van der Waals surface area (Å²) in [5.74, 6) is 0.666. The lowest BCUT2D eigenvalue weighted by Gasteiger charge is -2.09. The monoisotopic (exact) mass is 278 g/mol. The van der Waals surface area contributed by atoms with E-state index in [0.29, 0.717) is 27.6 Å². The summed E-state index contributed by atoms with van der Waals surface area (Å²) in [5.41, 5.74) is 13.0. The van der Waals surface area contributed by atoms with Gasteiger partial charge in [0.25, 0.3) is 5.91 Å². The van der Waals surface area contributed by atoms with E-state index in [0.717, 1.165) is 5.56 Å². The van der Waals surface area contributed by atoms with Crippen molar-refractivity contribution in [2.24, 2.45) is 5.73 Å². The molecule has 0 spiro atoms. The van der Waals surface area contributed by atoms with E-state index in [4.69, 9.17) is 20.9 Å². The van der Waals surface area contributed by atoms with Gasteiger partial charge in [-0.05, 0) is 17.7 Å². The van der Waals surface area contributed by atoms with E-state index in [1.807, 2.05) is 6.07 Å². The number of benzene rings is 1. The number of nitrogen functional groups attached to an aromatic ring is 1. The number of amides is 1. The third kappa shape index (κ3) is 2.34. The quantitative estimate of drug-likeness (QED) is 0.896. The Balaban J connectivity index is 2.57. The number of rotatable bonds is 4. The number of hydrogen-bond acceptors (Lipinski definition) is 5. The van der Waals surface area contributed by atoms with Gasteiger partial charge in [-0.3, -0.25) is 4.79 Å². The van der Waals surface area contributed by atoms with Gasteiger partial charge >= 0.3 is 0 Å². The SMILES string of the molecule is COc1ccc(-c2csc(N)c2C(N)=O)cc1OC. The first-order valence-electron chi connectivity index (χ1n) is 5.47. The van der Waals surface area contributed by atoms with Crippen LogP contribution in [0.1, 0.15) is 10.4 Å². The standard InChI is InChI=1S/C13H14N2O3S/c1-17-9-4-3-7(5-10(9)18-2)8-6-19-13(15)11(8)12(14)16/h3-6H,15H2,1-2H3,(H2,14,16). The number of carbonyl (C=O) groups excluding carboxylic acids is 1. The van der Waals surface area contributed by atoms with Crippen LogP contribution in [0, 0.1) is 0 Å². The van der Waals surface area contributed by atoms with Crippen molar-refractivity contribution in [1.29, 1.82) is 0 Å². The lowest BCUT2D eigenvalue weighted by Crippen LogP contribution is -2.12. The fourth-order valence-corrected chi connectivity index (χ4v) is 2.67. The number of anilines is 1. The Hall–Kier alpha value is -2.21. The molecule has 1 aromatic carbocycles. The van der Waals surface area contributed by atoms with Crippen LogP contribution in [0.4, 0.5) is 5.00 Å². The predicted octanol–water partition coefficient (Wildman–Crippen LogP) is 2.11. The Kier molecular flexibility index (Phi) is 3.62. The fourth-order valence-electron chi connectivity index (χ4n) is 1.84. The molecular formula is C13H14N2O3S. The van der Waals surface area contributed by atoms with Gasteiger partial charge in [0.1, 0.15) is 0 Å². The van der Waals surface area contributed by atoms with Crippen LogP contribution in [0.2, 0.25) is 0 Å². The highest BCUT2D eigenvalue weighted by Gasteiger charge is 2.17. The highest BCUT2D eigenvalue weighted by molar-refractivity contribution is 7.15. The van der Waals surface area contributed by atoms with Crippen LogP contribution in [-0.2, 0) is 0 Å². The second kappa shape index (κ2) is 5.19. The first-order chi connectivity index (χ1) is 9.08. The van der Waals surface area contributed by atoms with E-state index in [1.54, 1.807) is 31.7 Å². The number of nitrogens with two attached hydrogens (primary N) is 2. The van der Waals surface area contributed by atoms with Gasteiger partial charge in [-0.1, -0.05) is 6.07 Å². The Morgan fingerprint density at radius 2 is 1.89 bits per heavy atom. The smallest absolute Gasteiger partial charge is 0.252 e. The molecule has 6 heteroatoms. The lowest BCUT2D eigenvalue weighted by atomic mass is 10.0. The maximum Gasteiger partial charge on any atom is 0.252 e. The molecule has 0 radical (unpaired) electrons. The summed E-state index contributed by atoms with van der Waals surface area (Å²) in [7, 11) is 3.12. The van der Waals surface area contributed by atoms with Gasteiger partial charge in [-0.15, -0.1) is 11.3 Å². The summed E-state index contributed by atoms with van der Waals surface area (Å²) in [6.45, 7) is 0. The van der Waals surface area contributed by atoms with Crippen molar-refractivity contribution in [1.82, 2.24) is 0 Å². The average Bonchev–Trinajstić information content (AvgIpc) is 2.79. The van der Waals surface area contributed by atoms with Crippen molar-refractivity contribution < 1.29 is 14.3 Å².